The Kier molecular flexibility index (Phi) is 8.47. The molecule has 0 saturated carbocycles. The number of ketones is 1. The van der Waals surface area contributed by atoms with Crippen molar-refractivity contribution < 1.29 is 28.5 Å². The minimum atomic E-state index is -0.592. The number of rotatable bonds is 11. The van der Waals surface area contributed by atoms with E-state index in [1.54, 1.807) is 25.3 Å². The molecule has 0 aliphatic rings. The van der Waals surface area contributed by atoms with Crippen LogP contribution in [0.5, 0.6) is 11.5 Å². The van der Waals surface area contributed by atoms with E-state index in [1.807, 2.05) is 33.8 Å². The highest BCUT2D eigenvalue weighted by Crippen LogP contribution is 2.28. The predicted molar refractivity (Wildman–Crippen MR) is 114 cm³/mol. The molecule has 0 N–H and O–H groups in total. The van der Waals surface area contributed by atoms with Gasteiger partial charge < -0.3 is 23.5 Å². The summed E-state index contributed by atoms with van der Waals surface area (Å²) >= 11 is 0. The topological polar surface area (TPSA) is 76.0 Å². The Morgan fingerprint density at radius 3 is 2.47 bits per heavy atom. The van der Waals surface area contributed by atoms with Crippen LogP contribution in [0.1, 0.15) is 58.4 Å². The third-order valence-electron chi connectivity index (χ3n) is 4.83. The second kappa shape index (κ2) is 10.8. The Morgan fingerprint density at radius 1 is 1.10 bits per heavy atom. The van der Waals surface area contributed by atoms with Gasteiger partial charge in [-0.15, -0.1) is 0 Å². The quantitative estimate of drug-likeness (QED) is 0.404. The van der Waals surface area contributed by atoms with Crippen LogP contribution in [0.15, 0.2) is 24.3 Å². The molecule has 1 heterocycles. The van der Waals surface area contributed by atoms with E-state index in [4.69, 9.17) is 18.9 Å². The predicted octanol–water partition coefficient (Wildman–Crippen LogP) is 4.15. The van der Waals surface area contributed by atoms with E-state index in [2.05, 4.69) is 4.57 Å². The van der Waals surface area contributed by atoms with E-state index in [0.29, 0.717) is 35.8 Å². The maximum absolute atomic E-state index is 12.7. The summed E-state index contributed by atoms with van der Waals surface area (Å²) < 4.78 is 23.4. The van der Waals surface area contributed by atoms with Gasteiger partial charge >= 0.3 is 5.97 Å². The summed E-state index contributed by atoms with van der Waals surface area (Å²) in [5.74, 6) is 0.164. The van der Waals surface area contributed by atoms with Crippen LogP contribution >= 0.6 is 0 Å². The fourth-order valence-electron chi connectivity index (χ4n) is 3.47. The van der Waals surface area contributed by atoms with Gasteiger partial charge in [0.2, 0.25) is 5.78 Å². The Labute approximate surface area is 177 Å². The average molecular weight is 418 g/mol. The van der Waals surface area contributed by atoms with Crippen molar-refractivity contribution in [2.75, 3.05) is 34.0 Å². The summed E-state index contributed by atoms with van der Waals surface area (Å²) in [5, 5.41) is 0. The molecule has 7 heteroatoms. The Hall–Kier alpha value is -2.80. The first-order valence-corrected chi connectivity index (χ1v) is 10.0. The molecule has 164 valence electrons. The Morgan fingerprint density at radius 2 is 1.83 bits per heavy atom. The molecule has 0 fully saturated rings. The molecule has 30 heavy (non-hydrogen) atoms. The Balaban J connectivity index is 2.08. The second-order valence-corrected chi connectivity index (χ2v) is 7.17. The fourth-order valence-corrected chi connectivity index (χ4v) is 3.47. The number of benzene rings is 1. The van der Waals surface area contributed by atoms with Crippen molar-refractivity contribution >= 4 is 11.8 Å². The molecule has 0 spiro atoms. The van der Waals surface area contributed by atoms with Gasteiger partial charge in [0.05, 0.1) is 31.9 Å². The monoisotopic (exact) mass is 417 g/mol. The van der Waals surface area contributed by atoms with Crippen LogP contribution < -0.4 is 9.47 Å². The van der Waals surface area contributed by atoms with Crippen molar-refractivity contribution in [3.05, 3.63) is 46.8 Å². The summed E-state index contributed by atoms with van der Waals surface area (Å²) in [6.07, 6.45) is 0.861. The lowest BCUT2D eigenvalue weighted by atomic mass is 10.1. The number of esters is 1. The average Bonchev–Trinajstić information content (AvgIpc) is 3.04. The minimum absolute atomic E-state index is 0.0972. The molecule has 0 bridgehead atoms. The third kappa shape index (κ3) is 5.42. The Bertz CT molecular complexity index is 886. The molecule has 1 aromatic carbocycles. The highest BCUT2D eigenvalue weighted by atomic mass is 16.5. The fraction of sp³-hybridized carbons (Fsp3) is 0.478. The molecule has 0 saturated heterocycles. The van der Waals surface area contributed by atoms with Crippen molar-refractivity contribution in [2.45, 2.75) is 40.2 Å². The molecule has 2 aromatic rings. The van der Waals surface area contributed by atoms with Gasteiger partial charge in [0.15, 0.2) is 18.1 Å². The molecule has 1 aromatic heterocycles. The lowest BCUT2D eigenvalue weighted by molar-refractivity contribution is 0.0474. The number of aryl methyl sites for hydroxylation is 1. The number of carbonyl (C=O) groups is 2. The molecule has 0 aliphatic carbocycles. The van der Waals surface area contributed by atoms with Gasteiger partial charge in [-0.2, -0.15) is 0 Å². The molecule has 7 nitrogen and oxygen atoms in total. The van der Waals surface area contributed by atoms with Crippen LogP contribution in [0.3, 0.4) is 0 Å². The molecular formula is C23H31NO6. The first kappa shape index (κ1) is 23.5. The van der Waals surface area contributed by atoms with E-state index in [1.165, 1.54) is 7.11 Å². The number of Topliss-reactive ketones (excluding diaryl/α,β-unsaturated/α-hetero) is 1. The highest BCUT2D eigenvalue weighted by Gasteiger charge is 2.20. The van der Waals surface area contributed by atoms with Crippen LogP contribution in [0.4, 0.5) is 0 Å². The standard InChI is InChI=1S/C23H31NO6/c1-7-10-29-21-9-8-18(12-22(21)28-6)23(26)30-14-20(25)19-11-15(2)24(17(19)4)16(3)13-27-5/h8-9,11-12,16H,7,10,13-14H2,1-6H3/t16-/m0/s1. The van der Waals surface area contributed by atoms with Gasteiger partial charge in [0.1, 0.15) is 0 Å². The number of hydrogen-bond donors (Lipinski definition) is 0. The number of aromatic nitrogens is 1. The van der Waals surface area contributed by atoms with Gasteiger partial charge in [0, 0.05) is 24.1 Å². The summed E-state index contributed by atoms with van der Waals surface area (Å²) in [5.41, 5.74) is 2.63. The number of hydrogen-bond acceptors (Lipinski definition) is 6. The SMILES string of the molecule is CCCOc1ccc(C(=O)OCC(=O)c2cc(C)n([C@@H](C)COC)c2C)cc1OC. The first-order valence-electron chi connectivity index (χ1n) is 10.0. The molecule has 1 atom stereocenters. The van der Waals surface area contributed by atoms with Crippen LogP contribution in [0, 0.1) is 13.8 Å². The van der Waals surface area contributed by atoms with E-state index in [-0.39, 0.29) is 18.4 Å². The first-order chi connectivity index (χ1) is 14.3. The van der Waals surface area contributed by atoms with Crippen molar-refractivity contribution in [3.8, 4) is 11.5 Å². The third-order valence-corrected chi connectivity index (χ3v) is 4.83. The van der Waals surface area contributed by atoms with Crippen LogP contribution in [0.2, 0.25) is 0 Å². The van der Waals surface area contributed by atoms with Crippen molar-refractivity contribution in [2.24, 2.45) is 0 Å². The largest absolute Gasteiger partial charge is 0.493 e. The van der Waals surface area contributed by atoms with E-state index < -0.39 is 5.97 Å². The molecule has 0 unspecified atom stereocenters. The maximum atomic E-state index is 12.7. The number of nitrogens with zero attached hydrogens (tertiary/aromatic N) is 1. The zero-order valence-electron chi connectivity index (χ0n) is 18.6. The lowest BCUT2D eigenvalue weighted by Crippen LogP contribution is -2.17. The zero-order chi connectivity index (χ0) is 22.3. The van der Waals surface area contributed by atoms with Gasteiger partial charge in [-0.3, -0.25) is 4.79 Å². The number of methoxy groups -OCH3 is 2. The number of carbonyl (C=O) groups excluding carboxylic acids is 2. The molecule has 2 rings (SSSR count). The summed E-state index contributed by atoms with van der Waals surface area (Å²) in [7, 11) is 3.15. The summed E-state index contributed by atoms with van der Waals surface area (Å²) in [6.45, 7) is 8.61. The van der Waals surface area contributed by atoms with Gasteiger partial charge in [0.25, 0.3) is 0 Å². The van der Waals surface area contributed by atoms with Gasteiger partial charge in [-0.25, -0.2) is 4.79 Å². The van der Waals surface area contributed by atoms with Crippen molar-refractivity contribution in [1.82, 2.24) is 4.57 Å². The van der Waals surface area contributed by atoms with Crippen LogP contribution in [-0.4, -0.2) is 50.4 Å². The lowest BCUT2D eigenvalue weighted by Gasteiger charge is -2.17. The minimum Gasteiger partial charge on any atom is -0.493 e. The van der Waals surface area contributed by atoms with E-state index in [9.17, 15) is 9.59 Å². The maximum Gasteiger partial charge on any atom is 0.338 e. The molecule has 0 amide bonds. The molecule has 0 aliphatic heterocycles. The second-order valence-electron chi connectivity index (χ2n) is 7.17. The smallest absolute Gasteiger partial charge is 0.338 e. The van der Waals surface area contributed by atoms with Gasteiger partial charge in [-0.1, -0.05) is 6.92 Å². The van der Waals surface area contributed by atoms with Gasteiger partial charge in [-0.05, 0) is 51.5 Å². The summed E-state index contributed by atoms with van der Waals surface area (Å²) in [4.78, 5) is 25.1. The van der Waals surface area contributed by atoms with Crippen LogP contribution in [0.25, 0.3) is 0 Å². The normalized spacial score (nSPS) is 11.8. The van der Waals surface area contributed by atoms with E-state index in [0.717, 1.165) is 17.8 Å². The molecular weight excluding hydrogens is 386 g/mol. The highest BCUT2D eigenvalue weighted by molar-refractivity contribution is 6.00. The molecule has 0 radical (unpaired) electrons. The number of ether oxygens (including phenoxy) is 4. The van der Waals surface area contributed by atoms with Crippen LogP contribution in [-0.2, 0) is 9.47 Å². The van der Waals surface area contributed by atoms with E-state index >= 15 is 0 Å². The zero-order valence-corrected chi connectivity index (χ0v) is 18.6. The van der Waals surface area contributed by atoms with Crippen molar-refractivity contribution in [3.63, 3.8) is 0 Å². The van der Waals surface area contributed by atoms with Crippen molar-refractivity contribution in [1.29, 1.82) is 0 Å². The summed E-state index contributed by atoms with van der Waals surface area (Å²) in [6, 6.07) is 6.73.